The summed E-state index contributed by atoms with van der Waals surface area (Å²) in [6, 6.07) is 6.02. The minimum atomic E-state index is -0.158. The number of ether oxygens (including phenoxy) is 1. The van der Waals surface area contributed by atoms with Crippen molar-refractivity contribution in [1.29, 1.82) is 0 Å². The largest absolute Gasteiger partial charge is 0.469 e. The molecule has 150 valence electrons. The number of esters is 1. The van der Waals surface area contributed by atoms with Gasteiger partial charge in [0.25, 0.3) is 0 Å². The SMILES string of the molecule is CN=C(NCc1ccc(-n2nc(C)cc2C)nc1)N1CC(C)C(C(=O)OC)C1. The van der Waals surface area contributed by atoms with E-state index in [-0.39, 0.29) is 17.8 Å². The van der Waals surface area contributed by atoms with E-state index in [4.69, 9.17) is 4.74 Å². The maximum absolute atomic E-state index is 11.9. The van der Waals surface area contributed by atoms with Crippen LogP contribution in [-0.2, 0) is 16.1 Å². The molecule has 1 N–H and O–H groups in total. The number of aryl methyl sites for hydroxylation is 2. The van der Waals surface area contributed by atoms with Gasteiger partial charge in [-0.2, -0.15) is 5.10 Å². The van der Waals surface area contributed by atoms with Gasteiger partial charge in [-0.1, -0.05) is 13.0 Å². The number of hydrogen-bond acceptors (Lipinski definition) is 5. The van der Waals surface area contributed by atoms with E-state index in [1.54, 1.807) is 7.05 Å². The van der Waals surface area contributed by atoms with Crippen LogP contribution in [0.3, 0.4) is 0 Å². The molecule has 0 aliphatic carbocycles. The fraction of sp³-hybridized carbons (Fsp3) is 0.500. The molecule has 2 unspecified atom stereocenters. The van der Waals surface area contributed by atoms with E-state index in [0.717, 1.165) is 35.3 Å². The summed E-state index contributed by atoms with van der Waals surface area (Å²) in [5.74, 6) is 1.53. The zero-order valence-electron chi connectivity index (χ0n) is 17.1. The summed E-state index contributed by atoms with van der Waals surface area (Å²) < 4.78 is 6.75. The predicted octanol–water partition coefficient (Wildman–Crippen LogP) is 1.70. The van der Waals surface area contributed by atoms with E-state index in [1.165, 1.54) is 7.11 Å². The van der Waals surface area contributed by atoms with E-state index in [9.17, 15) is 4.79 Å². The average Bonchev–Trinajstić information content (AvgIpc) is 3.24. The van der Waals surface area contributed by atoms with Gasteiger partial charge in [-0.3, -0.25) is 9.79 Å². The predicted molar refractivity (Wildman–Crippen MR) is 107 cm³/mol. The molecule has 1 aliphatic rings. The molecular formula is C20H28N6O2. The fourth-order valence-electron chi connectivity index (χ4n) is 3.62. The lowest BCUT2D eigenvalue weighted by molar-refractivity contribution is -0.145. The molecule has 0 spiro atoms. The van der Waals surface area contributed by atoms with Crippen molar-refractivity contribution < 1.29 is 9.53 Å². The highest BCUT2D eigenvalue weighted by molar-refractivity contribution is 5.82. The molecule has 0 saturated carbocycles. The highest BCUT2D eigenvalue weighted by Crippen LogP contribution is 2.24. The number of aromatic nitrogens is 3. The van der Waals surface area contributed by atoms with Crippen LogP contribution < -0.4 is 5.32 Å². The van der Waals surface area contributed by atoms with E-state index in [0.29, 0.717) is 13.1 Å². The third-order valence-corrected chi connectivity index (χ3v) is 5.11. The van der Waals surface area contributed by atoms with Crippen molar-refractivity contribution in [2.75, 3.05) is 27.2 Å². The summed E-state index contributed by atoms with van der Waals surface area (Å²) in [6.45, 7) is 8.04. The number of carbonyl (C=O) groups is 1. The number of nitrogens with one attached hydrogen (secondary N) is 1. The van der Waals surface area contributed by atoms with E-state index in [1.807, 2.05) is 42.9 Å². The fourth-order valence-corrected chi connectivity index (χ4v) is 3.62. The number of guanidine groups is 1. The van der Waals surface area contributed by atoms with Gasteiger partial charge < -0.3 is 15.0 Å². The number of pyridine rings is 1. The molecule has 2 aromatic rings. The summed E-state index contributed by atoms with van der Waals surface area (Å²) in [5, 5.41) is 7.82. The van der Waals surface area contributed by atoms with Crippen molar-refractivity contribution in [1.82, 2.24) is 25.0 Å². The molecule has 8 nitrogen and oxygen atoms in total. The zero-order valence-corrected chi connectivity index (χ0v) is 17.1. The number of hydrogen-bond donors (Lipinski definition) is 1. The topological polar surface area (TPSA) is 84.6 Å². The molecule has 1 aliphatic heterocycles. The van der Waals surface area contributed by atoms with Crippen LogP contribution in [0.4, 0.5) is 0 Å². The molecule has 3 heterocycles. The van der Waals surface area contributed by atoms with Crippen LogP contribution in [0.1, 0.15) is 23.9 Å². The van der Waals surface area contributed by atoms with Crippen LogP contribution in [0, 0.1) is 25.7 Å². The molecule has 1 fully saturated rings. The lowest BCUT2D eigenvalue weighted by Crippen LogP contribution is -2.40. The molecule has 2 atom stereocenters. The Kier molecular flexibility index (Phi) is 5.96. The molecule has 8 heteroatoms. The minimum absolute atomic E-state index is 0.120. The maximum Gasteiger partial charge on any atom is 0.310 e. The van der Waals surface area contributed by atoms with Gasteiger partial charge in [-0.05, 0) is 37.5 Å². The quantitative estimate of drug-likeness (QED) is 0.491. The van der Waals surface area contributed by atoms with Crippen LogP contribution >= 0.6 is 0 Å². The van der Waals surface area contributed by atoms with Crippen molar-refractivity contribution in [3.05, 3.63) is 41.3 Å². The van der Waals surface area contributed by atoms with Gasteiger partial charge in [0.05, 0.1) is 18.7 Å². The molecule has 28 heavy (non-hydrogen) atoms. The number of likely N-dealkylation sites (tertiary alicyclic amines) is 1. The summed E-state index contributed by atoms with van der Waals surface area (Å²) in [7, 11) is 3.19. The van der Waals surface area contributed by atoms with Crippen molar-refractivity contribution in [2.24, 2.45) is 16.8 Å². The van der Waals surface area contributed by atoms with E-state index in [2.05, 4.69) is 32.2 Å². The highest BCUT2D eigenvalue weighted by Gasteiger charge is 2.36. The van der Waals surface area contributed by atoms with Crippen molar-refractivity contribution in [2.45, 2.75) is 27.3 Å². The van der Waals surface area contributed by atoms with Gasteiger partial charge in [0.15, 0.2) is 11.8 Å². The van der Waals surface area contributed by atoms with E-state index >= 15 is 0 Å². The Hall–Kier alpha value is -2.90. The molecular weight excluding hydrogens is 356 g/mol. The lowest BCUT2D eigenvalue weighted by Gasteiger charge is -2.21. The maximum atomic E-state index is 11.9. The van der Waals surface area contributed by atoms with Crippen LogP contribution in [0.5, 0.6) is 0 Å². The summed E-state index contributed by atoms with van der Waals surface area (Å²) in [5.41, 5.74) is 3.07. The van der Waals surface area contributed by atoms with Gasteiger partial charge >= 0.3 is 5.97 Å². The number of methoxy groups -OCH3 is 1. The minimum Gasteiger partial charge on any atom is -0.469 e. The van der Waals surface area contributed by atoms with Crippen LogP contribution in [0.2, 0.25) is 0 Å². The average molecular weight is 384 g/mol. The normalized spacial score (nSPS) is 19.8. The summed E-state index contributed by atoms with van der Waals surface area (Å²) in [6.07, 6.45) is 1.84. The monoisotopic (exact) mass is 384 g/mol. The second-order valence-electron chi connectivity index (χ2n) is 7.28. The molecule has 2 aromatic heterocycles. The molecule has 0 amide bonds. The second kappa shape index (κ2) is 8.41. The Bertz CT molecular complexity index is 858. The number of carbonyl (C=O) groups excluding carboxylic acids is 1. The Morgan fingerprint density at radius 2 is 2.14 bits per heavy atom. The smallest absolute Gasteiger partial charge is 0.310 e. The van der Waals surface area contributed by atoms with Crippen molar-refractivity contribution in [3.8, 4) is 5.82 Å². The van der Waals surface area contributed by atoms with Crippen LogP contribution in [-0.4, -0.2) is 58.8 Å². The Morgan fingerprint density at radius 1 is 1.36 bits per heavy atom. The van der Waals surface area contributed by atoms with Gasteiger partial charge in [0, 0.05) is 38.6 Å². The standard InChI is InChI=1S/C20H28N6O2/c1-13-11-25(12-17(13)19(27)28-5)20(21-4)23-10-16-6-7-18(22-9-16)26-15(3)8-14(2)24-26/h6-9,13,17H,10-12H2,1-5H3,(H,21,23). The molecule has 0 bridgehead atoms. The highest BCUT2D eigenvalue weighted by atomic mass is 16.5. The Morgan fingerprint density at radius 3 is 2.71 bits per heavy atom. The first kappa shape index (κ1) is 19.9. The van der Waals surface area contributed by atoms with Gasteiger partial charge in [-0.15, -0.1) is 0 Å². The lowest BCUT2D eigenvalue weighted by atomic mass is 9.99. The summed E-state index contributed by atoms with van der Waals surface area (Å²) in [4.78, 5) is 22.9. The number of rotatable bonds is 4. The van der Waals surface area contributed by atoms with Crippen LogP contribution in [0.15, 0.2) is 29.4 Å². The van der Waals surface area contributed by atoms with Crippen molar-refractivity contribution in [3.63, 3.8) is 0 Å². The Labute approximate surface area is 165 Å². The first-order valence-electron chi connectivity index (χ1n) is 9.45. The molecule has 3 rings (SSSR count). The number of nitrogens with zero attached hydrogens (tertiary/aromatic N) is 5. The van der Waals surface area contributed by atoms with Crippen LogP contribution in [0.25, 0.3) is 5.82 Å². The second-order valence-corrected chi connectivity index (χ2v) is 7.28. The van der Waals surface area contributed by atoms with Gasteiger partial charge in [0.1, 0.15) is 0 Å². The molecule has 0 radical (unpaired) electrons. The Balaban J connectivity index is 1.61. The summed E-state index contributed by atoms with van der Waals surface area (Å²) >= 11 is 0. The third kappa shape index (κ3) is 4.16. The first-order valence-corrected chi connectivity index (χ1v) is 9.45. The number of aliphatic imine (C=N–C) groups is 1. The molecule has 0 aromatic carbocycles. The molecule has 1 saturated heterocycles. The first-order chi connectivity index (χ1) is 13.4. The zero-order chi connectivity index (χ0) is 20.3. The van der Waals surface area contributed by atoms with Gasteiger partial charge in [0.2, 0.25) is 0 Å². The van der Waals surface area contributed by atoms with Crippen molar-refractivity contribution >= 4 is 11.9 Å². The van der Waals surface area contributed by atoms with E-state index < -0.39 is 0 Å². The van der Waals surface area contributed by atoms with Gasteiger partial charge in [-0.25, -0.2) is 9.67 Å². The third-order valence-electron chi connectivity index (χ3n) is 5.11.